The van der Waals surface area contributed by atoms with E-state index in [0.29, 0.717) is 16.4 Å². The molecule has 0 bridgehead atoms. The van der Waals surface area contributed by atoms with Crippen molar-refractivity contribution in [1.82, 2.24) is 15.0 Å². The van der Waals surface area contributed by atoms with E-state index >= 15 is 0 Å². The van der Waals surface area contributed by atoms with E-state index in [1.54, 1.807) is 6.07 Å². The van der Waals surface area contributed by atoms with Gasteiger partial charge in [-0.2, -0.15) is 0 Å². The molecule has 5 N–H and O–H groups in total. The summed E-state index contributed by atoms with van der Waals surface area (Å²) in [5.74, 6) is 0.546. The predicted molar refractivity (Wildman–Crippen MR) is 119 cm³/mol. The Balaban J connectivity index is 1.71. The summed E-state index contributed by atoms with van der Waals surface area (Å²) in [5, 5.41) is 5.13. The fourth-order valence-electron chi connectivity index (χ4n) is 4.18. The van der Waals surface area contributed by atoms with Crippen LogP contribution in [0.2, 0.25) is 5.02 Å². The lowest BCUT2D eigenvalue weighted by molar-refractivity contribution is 0.411. The Hall–Kier alpha value is -2.83. The summed E-state index contributed by atoms with van der Waals surface area (Å²) in [6.07, 6.45) is 3.88. The largest absolute Gasteiger partial charge is 0.381 e. The van der Waals surface area contributed by atoms with Crippen LogP contribution in [0.1, 0.15) is 25.7 Å². The second kappa shape index (κ2) is 7.21. The van der Waals surface area contributed by atoms with Crippen molar-refractivity contribution in [2.45, 2.75) is 37.8 Å². The van der Waals surface area contributed by atoms with E-state index in [-0.39, 0.29) is 17.6 Å². The van der Waals surface area contributed by atoms with E-state index in [4.69, 9.17) is 17.3 Å². The number of rotatable bonds is 3. The fourth-order valence-corrected chi connectivity index (χ4v) is 4.35. The molecule has 4 aromatic rings. The van der Waals surface area contributed by atoms with Crippen LogP contribution in [0.5, 0.6) is 0 Å². The fraction of sp³-hybridized carbons (Fsp3) is 0.273. The minimum atomic E-state index is -0.186. The van der Waals surface area contributed by atoms with Crippen LogP contribution in [0, 0.1) is 0 Å². The van der Waals surface area contributed by atoms with Gasteiger partial charge in [-0.15, -0.1) is 0 Å². The number of nitrogens with two attached hydrogens (primary N) is 1. The van der Waals surface area contributed by atoms with Gasteiger partial charge in [-0.3, -0.25) is 4.79 Å². The summed E-state index contributed by atoms with van der Waals surface area (Å²) >= 11 is 6.30. The second-order valence-corrected chi connectivity index (χ2v) is 8.19. The van der Waals surface area contributed by atoms with E-state index in [1.165, 1.54) is 0 Å². The molecular formula is C22H22ClN5O. The van der Waals surface area contributed by atoms with E-state index in [0.717, 1.165) is 53.3 Å². The minimum absolute atomic E-state index is 0.186. The quantitative estimate of drug-likeness (QED) is 0.404. The third-order valence-electron chi connectivity index (χ3n) is 5.72. The Bertz CT molecular complexity index is 1220. The molecule has 0 atom stereocenters. The SMILES string of the molecule is NC1CCC(Nc2c(-c3nc4ccccc4[nH]3)c(=O)[nH]c3ccc(Cl)cc23)CC1. The van der Waals surface area contributed by atoms with Gasteiger partial charge in [-0.05, 0) is 56.0 Å². The highest BCUT2D eigenvalue weighted by molar-refractivity contribution is 6.31. The van der Waals surface area contributed by atoms with Crippen molar-refractivity contribution in [2.24, 2.45) is 5.73 Å². The standard InChI is InChI=1S/C22H22ClN5O/c23-12-5-10-16-15(11-12)20(25-14-8-6-13(24)7-9-14)19(22(29)28-16)21-26-17-3-1-2-4-18(17)27-21/h1-5,10-11,13-14H,6-9,24H2,(H,26,27)(H2,25,28,29). The van der Waals surface area contributed by atoms with Gasteiger partial charge in [0.25, 0.3) is 5.56 Å². The number of nitrogens with one attached hydrogen (secondary N) is 3. The molecule has 0 radical (unpaired) electrons. The van der Waals surface area contributed by atoms with E-state index < -0.39 is 0 Å². The van der Waals surface area contributed by atoms with Gasteiger partial charge in [-0.25, -0.2) is 4.98 Å². The predicted octanol–water partition coefficient (Wildman–Crippen LogP) is 4.41. The first-order valence-corrected chi connectivity index (χ1v) is 10.3. The van der Waals surface area contributed by atoms with Crippen molar-refractivity contribution in [3.05, 3.63) is 57.8 Å². The van der Waals surface area contributed by atoms with Crippen LogP contribution in [0.3, 0.4) is 0 Å². The van der Waals surface area contributed by atoms with Crippen LogP contribution in [-0.4, -0.2) is 27.0 Å². The zero-order valence-electron chi connectivity index (χ0n) is 15.8. The Labute approximate surface area is 172 Å². The van der Waals surface area contributed by atoms with E-state index in [2.05, 4.69) is 20.3 Å². The number of anilines is 1. The molecule has 0 amide bonds. The lowest BCUT2D eigenvalue weighted by Crippen LogP contribution is -2.33. The van der Waals surface area contributed by atoms with Crippen molar-refractivity contribution in [2.75, 3.05) is 5.32 Å². The molecule has 0 spiro atoms. The summed E-state index contributed by atoms with van der Waals surface area (Å²) in [4.78, 5) is 24.0. The number of pyridine rings is 1. The molecule has 2 heterocycles. The first kappa shape index (κ1) is 18.2. The zero-order chi connectivity index (χ0) is 20.0. The number of H-pyrrole nitrogens is 2. The zero-order valence-corrected chi connectivity index (χ0v) is 16.6. The molecule has 7 heteroatoms. The maximum Gasteiger partial charge on any atom is 0.261 e. The first-order chi connectivity index (χ1) is 14.1. The van der Waals surface area contributed by atoms with Crippen LogP contribution >= 0.6 is 11.6 Å². The molecule has 0 unspecified atom stereocenters. The third-order valence-corrected chi connectivity index (χ3v) is 5.96. The Morgan fingerprint density at radius 2 is 1.83 bits per heavy atom. The van der Waals surface area contributed by atoms with Gasteiger partial charge in [0.1, 0.15) is 11.4 Å². The number of imidazole rings is 1. The van der Waals surface area contributed by atoms with Gasteiger partial charge in [0.2, 0.25) is 0 Å². The molecule has 0 aliphatic heterocycles. The lowest BCUT2D eigenvalue weighted by Gasteiger charge is -2.28. The van der Waals surface area contributed by atoms with Gasteiger partial charge in [-0.1, -0.05) is 23.7 Å². The van der Waals surface area contributed by atoms with Crippen molar-refractivity contribution in [1.29, 1.82) is 0 Å². The second-order valence-electron chi connectivity index (χ2n) is 7.75. The Morgan fingerprint density at radius 3 is 2.62 bits per heavy atom. The molecule has 148 valence electrons. The van der Waals surface area contributed by atoms with Crippen LogP contribution in [-0.2, 0) is 0 Å². The highest BCUT2D eigenvalue weighted by atomic mass is 35.5. The molecule has 5 rings (SSSR count). The number of halogens is 1. The summed E-state index contributed by atoms with van der Waals surface area (Å²) in [6.45, 7) is 0. The number of benzene rings is 2. The molecule has 1 saturated carbocycles. The number of hydrogen-bond donors (Lipinski definition) is 4. The molecular weight excluding hydrogens is 386 g/mol. The third kappa shape index (κ3) is 3.39. The van der Waals surface area contributed by atoms with Gasteiger partial charge >= 0.3 is 0 Å². The first-order valence-electron chi connectivity index (χ1n) is 9.91. The molecule has 29 heavy (non-hydrogen) atoms. The smallest absolute Gasteiger partial charge is 0.261 e. The summed E-state index contributed by atoms with van der Waals surface area (Å²) in [5.41, 5.74) is 9.62. The molecule has 1 fully saturated rings. The van der Waals surface area contributed by atoms with Crippen LogP contribution in [0.25, 0.3) is 33.3 Å². The molecule has 1 aliphatic carbocycles. The van der Waals surface area contributed by atoms with Gasteiger partial charge in [0, 0.05) is 22.5 Å². The molecule has 2 aromatic carbocycles. The molecule has 6 nitrogen and oxygen atoms in total. The summed E-state index contributed by atoms with van der Waals surface area (Å²) in [6, 6.07) is 13.8. The molecule has 0 saturated heterocycles. The van der Waals surface area contributed by atoms with Crippen LogP contribution in [0.4, 0.5) is 5.69 Å². The van der Waals surface area contributed by atoms with E-state index in [1.807, 2.05) is 36.4 Å². The van der Waals surface area contributed by atoms with Crippen LogP contribution < -0.4 is 16.6 Å². The maximum absolute atomic E-state index is 13.1. The lowest BCUT2D eigenvalue weighted by atomic mass is 9.91. The number of hydrogen-bond acceptors (Lipinski definition) is 4. The highest BCUT2D eigenvalue weighted by Crippen LogP contribution is 2.34. The monoisotopic (exact) mass is 407 g/mol. The maximum atomic E-state index is 13.1. The van der Waals surface area contributed by atoms with Gasteiger partial charge < -0.3 is 21.0 Å². The average molecular weight is 408 g/mol. The number of aromatic nitrogens is 3. The average Bonchev–Trinajstić information content (AvgIpc) is 3.14. The number of aromatic amines is 2. The Morgan fingerprint density at radius 1 is 1.03 bits per heavy atom. The number of nitrogens with zero attached hydrogens (tertiary/aromatic N) is 1. The summed E-state index contributed by atoms with van der Waals surface area (Å²) < 4.78 is 0. The Kier molecular flexibility index (Phi) is 4.53. The minimum Gasteiger partial charge on any atom is -0.381 e. The normalized spacial score (nSPS) is 19.7. The highest BCUT2D eigenvalue weighted by Gasteiger charge is 2.23. The number of fused-ring (bicyclic) bond motifs is 2. The molecule has 2 aromatic heterocycles. The van der Waals surface area contributed by atoms with Crippen molar-refractivity contribution < 1.29 is 0 Å². The molecule has 1 aliphatic rings. The topological polar surface area (TPSA) is 99.6 Å². The van der Waals surface area contributed by atoms with E-state index in [9.17, 15) is 4.79 Å². The van der Waals surface area contributed by atoms with Crippen molar-refractivity contribution in [3.63, 3.8) is 0 Å². The van der Waals surface area contributed by atoms with Gasteiger partial charge in [0.15, 0.2) is 0 Å². The van der Waals surface area contributed by atoms with Crippen molar-refractivity contribution in [3.8, 4) is 11.4 Å². The summed E-state index contributed by atoms with van der Waals surface area (Å²) in [7, 11) is 0. The number of para-hydroxylation sites is 2. The van der Waals surface area contributed by atoms with Crippen molar-refractivity contribution >= 4 is 39.2 Å². The van der Waals surface area contributed by atoms with Crippen LogP contribution in [0.15, 0.2) is 47.3 Å². The van der Waals surface area contributed by atoms with Gasteiger partial charge in [0.05, 0.1) is 22.2 Å².